The molecule has 5 heteroatoms. The first-order chi connectivity index (χ1) is 9.54. The first-order valence-electron chi connectivity index (χ1n) is 5.94. The smallest absolute Gasteiger partial charge is 0.161 e. The number of hydrogen-bond donors (Lipinski definition) is 0. The molecular weight excluding hydrogens is 298 g/mol. The molecule has 0 fully saturated rings. The Kier molecular flexibility index (Phi) is 3.32. The summed E-state index contributed by atoms with van der Waals surface area (Å²) in [6, 6.07) is 10.1. The zero-order valence-corrected chi connectivity index (χ0v) is 12.0. The van der Waals surface area contributed by atoms with E-state index in [0.29, 0.717) is 32.5 Å². The standard InChI is InChI=1S/C15H9Cl2FN2/c1-8-5-11-13(7-12(8)18)19-15(20-14(11)17)9-3-2-4-10(16)6-9/h2-7H,1H3. The fourth-order valence-electron chi connectivity index (χ4n) is 1.98. The van der Waals surface area contributed by atoms with Crippen molar-refractivity contribution in [2.75, 3.05) is 0 Å². The summed E-state index contributed by atoms with van der Waals surface area (Å²) in [6.45, 7) is 1.68. The summed E-state index contributed by atoms with van der Waals surface area (Å²) in [6.07, 6.45) is 0. The van der Waals surface area contributed by atoms with Crippen LogP contribution in [-0.2, 0) is 0 Å². The van der Waals surface area contributed by atoms with E-state index in [0.717, 1.165) is 5.56 Å². The van der Waals surface area contributed by atoms with E-state index in [2.05, 4.69) is 9.97 Å². The average Bonchev–Trinajstić information content (AvgIpc) is 2.41. The van der Waals surface area contributed by atoms with E-state index < -0.39 is 0 Å². The number of benzene rings is 2. The van der Waals surface area contributed by atoms with Crippen LogP contribution >= 0.6 is 23.2 Å². The molecular formula is C15H9Cl2FN2. The number of rotatable bonds is 1. The molecule has 0 saturated heterocycles. The maximum absolute atomic E-state index is 13.7. The van der Waals surface area contributed by atoms with E-state index in [1.54, 1.807) is 31.2 Å². The van der Waals surface area contributed by atoms with Crippen molar-refractivity contribution < 1.29 is 4.39 Å². The van der Waals surface area contributed by atoms with E-state index in [-0.39, 0.29) is 5.82 Å². The Morgan fingerprint density at radius 2 is 1.85 bits per heavy atom. The van der Waals surface area contributed by atoms with Crippen LogP contribution in [0.4, 0.5) is 4.39 Å². The zero-order valence-electron chi connectivity index (χ0n) is 10.5. The number of aryl methyl sites for hydroxylation is 1. The van der Waals surface area contributed by atoms with Gasteiger partial charge in [0.15, 0.2) is 5.82 Å². The minimum Gasteiger partial charge on any atom is -0.228 e. The van der Waals surface area contributed by atoms with Gasteiger partial charge in [-0.25, -0.2) is 14.4 Å². The lowest BCUT2D eigenvalue weighted by Crippen LogP contribution is -1.94. The monoisotopic (exact) mass is 306 g/mol. The van der Waals surface area contributed by atoms with Gasteiger partial charge in [-0.15, -0.1) is 0 Å². The van der Waals surface area contributed by atoms with Gasteiger partial charge in [-0.3, -0.25) is 0 Å². The molecule has 0 bridgehead atoms. The number of halogens is 3. The van der Waals surface area contributed by atoms with Crippen LogP contribution < -0.4 is 0 Å². The predicted molar refractivity (Wildman–Crippen MR) is 79.7 cm³/mol. The molecule has 1 heterocycles. The molecule has 1 aromatic heterocycles. The fourth-order valence-corrected chi connectivity index (χ4v) is 2.40. The molecule has 0 N–H and O–H groups in total. The Balaban J connectivity index is 2.26. The summed E-state index contributed by atoms with van der Waals surface area (Å²) in [5.41, 5.74) is 1.73. The number of aromatic nitrogens is 2. The van der Waals surface area contributed by atoms with Crippen LogP contribution in [0, 0.1) is 12.7 Å². The molecule has 20 heavy (non-hydrogen) atoms. The Morgan fingerprint density at radius 1 is 1.05 bits per heavy atom. The van der Waals surface area contributed by atoms with Crippen molar-refractivity contribution in [1.82, 2.24) is 9.97 Å². The van der Waals surface area contributed by atoms with Gasteiger partial charge < -0.3 is 0 Å². The second-order valence-corrected chi connectivity index (χ2v) is 5.26. The lowest BCUT2D eigenvalue weighted by atomic mass is 10.1. The summed E-state index contributed by atoms with van der Waals surface area (Å²) in [5.74, 6) is 0.109. The van der Waals surface area contributed by atoms with E-state index >= 15 is 0 Å². The van der Waals surface area contributed by atoms with Crippen molar-refractivity contribution in [2.45, 2.75) is 6.92 Å². The summed E-state index contributed by atoms with van der Waals surface area (Å²) in [7, 11) is 0. The predicted octanol–water partition coefficient (Wildman–Crippen LogP) is 5.05. The van der Waals surface area contributed by atoms with E-state index in [9.17, 15) is 4.39 Å². The van der Waals surface area contributed by atoms with Crippen molar-refractivity contribution in [1.29, 1.82) is 0 Å². The van der Waals surface area contributed by atoms with Crippen molar-refractivity contribution >= 4 is 34.1 Å². The molecule has 2 aromatic carbocycles. The quantitative estimate of drug-likeness (QED) is 0.588. The molecule has 0 spiro atoms. The van der Waals surface area contributed by atoms with Gasteiger partial charge in [0.05, 0.1) is 5.52 Å². The minimum absolute atomic E-state index is 0.299. The summed E-state index contributed by atoms with van der Waals surface area (Å²) in [5, 5.41) is 1.52. The van der Waals surface area contributed by atoms with Crippen LogP contribution in [-0.4, -0.2) is 9.97 Å². The molecule has 0 aliphatic heterocycles. The van der Waals surface area contributed by atoms with Crippen LogP contribution in [0.5, 0.6) is 0 Å². The van der Waals surface area contributed by atoms with Gasteiger partial charge in [0.1, 0.15) is 11.0 Å². The molecule has 0 aliphatic carbocycles. The first kappa shape index (κ1) is 13.3. The highest BCUT2D eigenvalue weighted by Crippen LogP contribution is 2.27. The van der Waals surface area contributed by atoms with E-state index in [1.807, 2.05) is 6.07 Å². The molecule has 3 aromatic rings. The highest BCUT2D eigenvalue weighted by Gasteiger charge is 2.10. The van der Waals surface area contributed by atoms with Gasteiger partial charge in [-0.2, -0.15) is 0 Å². The van der Waals surface area contributed by atoms with Crippen molar-refractivity contribution in [3.8, 4) is 11.4 Å². The van der Waals surface area contributed by atoms with Crippen molar-refractivity contribution in [2.24, 2.45) is 0 Å². The third kappa shape index (κ3) is 2.35. The van der Waals surface area contributed by atoms with E-state index in [1.165, 1.54) is 6.07 Å². The van der Waals surface area contributed by atoms with Crippen LogP contribution in [0.15, 0.2) is 36.4 Å². The molecule has 0 radical (unpaired) electrons. The maximum Gasteiger partial charge on any atom is 0.161 e. The second kappa shape index (κ2) is 5.00. The third-order valence-electron chi connectivity index (χ3n) is 3.01. The molecule has 0 atom stereocenters. The molecule has 3 rings (SSSR count). The molecule has 0 amide bonds. The van der Waals surface area contributed by atoms with Crippen LogP contribution in [0.25, 0.3) is 22.3 Å². The van der Waals surface area contributed by atoms with Crippen LogP contribution in [0.1, 0.15) is 5.56 Å². The number of nitrogens with zero attached hydrogens (tertiary/aromatic N) is 2. The third-order valence-corrected chi connectivity index (χ3v) is 3.54. The maximum atomic E-state index is 13.7. The lowest BCUT2D eigenvalue weighted by Gasteiger charge is -2.06. The Bertz CT molecular complexity index is 818. The molecule has 2 nitrogen and oxygen atoms in total. The van der Waals surface area contributed by atoms with Gasteiger partial charge in [0, 0.05) is 22.0 Å². The zero-order chi connectivity index (χ0) is 14.3. The molecule has 0 saturated carbocycles. The van der Waals surface area contributed by atoms with Gasteiger partial charge in [0.25, 0.3) is 0 Å². The molecule has 100 valence electrons. The normalized spacial score (nSPS) is 11.0. The second-order valence-electron chi connectivity index (χ2n) is 4.47. The topological polar surface area (TPSA) is 25.8 Å². The van der Waals surface area contributed by atoms with Crippen molar-refractivity contribution in [3.63, 3.8) is 0 Å². The fraction of sp³-hybridized carbons (Fsp3) is 0.0667. The largest absolute Gasteiger partial charge is 0.228 e. The van der Waals surface area contributed by atoms with Gasteiger partial charge >= 0.3 is 0 Å². The molecule has 0 aliphatic rings. The van der Waals surface area contributed by atoms with Gasteiger partial charge in [-0.1, -0.05) is 35.3 Å². The first-order valence-corrected chi connectivity index (χ1v) is 6.69. The van der Waals surface area contributed by atoms with Crippen molar-refractivity contribution in [3.05, 3.63) is 58.0 Å². The number of fused-ring (bicyclic) bond motifs is 1. The van der Waals surface area contributed by atoms with Gasteiger partial charge in [0.2, 0.25) is 0 Å². The molecule has 0 unspecified atom stereocenters. The summed E-state index contributed by atoms with van der Waals surface area (Å²) < 4.78 is 13.7. The lowest BCUT2D eigenvalue weighted by molar-refractivity contribution is 0.620. The van der Waals surface area contributed by atoms with Gasteiger partial charge in [-0.05, 0) is 30.7 Å². The summed E-state index contributed by atoms with van der Waals surface area (Å²) >= 11 is 12.1. The average molecular weight is 307 g/mol. The van der Waals surface area contributed by atoms with Crippen LogP contribution in [0.3, 0.4) is 0 Å². The highest BCUT2D eigenvalue weighted by atomic mass is 35.5. The summed E-state index contributed by atoms with van der Waals surface area (Å²) in [4.78, 5) is 8.61. The Hall–Kier alpha value is -1.71. The minimum atomic E-state index is -0.315. The number of hydrogen-bond acceptors (Lipinski definition) is 2. The van der Waals surface area contributed by atoms with Crippen LogP contribution in [0.2, 0.25) is 10.2 Å². The Morgan fingerprint density at radius 3 is 2.60 bits per heavy atom. The SMILES string of the molecule is Cc1cc2c(Cl)nc(-c3cccc(Cl)c3)nc2cc1F. The Labute approximate surface area is 125 Å². The van der Waals surface area contributed by atoms with E-state index in [4.69, 9.17) is 23.2 Å². The highest BCUT2D eigenvalue weighted by molar-refractivity contribution is 6.34.